The lowest BCUT2D eigenvalue weighted by Crippen LogP contribution is -2.56. The van der Waals surface area contributed by atoms with Crippen LogP contribution in [0.5, 0.6) is 0 Å². The van der Waals surface area contributed by atoms with Crippen LogP contribution in [0.4, 0.5) is 0 Å². The smallest absolute Gasteiger partial charge is 0.239 e. The van der Waals surface area contributed by atoms with E-state index < -0.39 is 0 Å². The Morgan fingerprint density at radius 3 is 2.76 bits per heavy atom. The summed E-state index contributed by atoms with van der Waals surface area (Å²) < 4.78 is 0. The average Bonchev–Trinajstić information content (AvgIpc) is 2.50. The predicted octanol–water partition coefficient (Wildman–Crippen LogP) is 2.70. The van der Waals surface area contributed by atoms with Gasteiger partial charge in [0.15, 0.2) is 0 Å². The Morgan fingerprint density at radius 1 is 1.29 bits per heavy atom. The highest BCUT2D eigenvalue weighted by Gasteiger charge is 2.35. The summed E-state index contributed by atoms with van der Waals surface area (Å²) in [6, 6.07) is 2.67. The van der Waals surface area contributed by atoms with Crippen molar-refractivity contribution < 1.29 is 4.79 Å². The van der Waals surface area contributed by atoms with Crippen molar-refractivity contribution in [1.82, 2.24) is 10.2 Å². The van der Waals surface area contributed by atoms with Crippen LogP contribution in [0.3, 0.4) is 0 Å². The van der Waals surface area contributed by atoms with Crippen LogP contribution in [-0.4, -0.2) is 36.0 Å². The SMILES string of the molecule is CC(C)CN(CCC#N)C(=O)C1CCC2CCCCC2N1. The zero-order chi connectivity index (χ0) is 15.2. The van der Waals surface area contributed by atoms with Gasteiger partial charge >= 0.3 is 0 Å². The molecule has 1 aliphatic carbocycles. The molecule has 1 N–H and O–H groups in total. The lowest BCUT2D eigenvalue weighted by Gasteiger charge is -2.41. The van der Waals surface area contributed by atoms with Gasteiger partial charge in [0.05, 0.1) is 18.5 Å². The molecular weight excluding hydrogens is 262 g/mol. The fourth-order valence-electron chi connectivity index (χ4n) is 3.83. The van der Waals surface area contributed by atoms with Crippen molar-refractivity contribution in [3.05, 3.63) is 0 Å². The third-order valence-electron chi connectivity index (χ3n) is 4.84. The van der Waals surface area contributed by atoms with Crippen LogP contribution in [0, 0.1) is 23.2 Å². The zero-order valence-electron chi connectivity index (χ0n) is 13.5. The molecule has 2 rings (SSSR count). The molecule has 118 valence electrons. The van der Waals surface area contributed by atoms with Crippen LogP contribution in [-0.2, 0) is 4.79 Å². The first kappa shape index (κ1) is 16.3. The molecule has 0 aromatic carbocycles. The molecule has 0 spiro atoms. The second-order valence-corrected chi connectivity index (χ2v) is 7.03. The lowest BCUT2D eigenvalue weighted by atomic mass is 9.77. The first-order valence-corrected chi connectivity index (χ1v) is 8.53. The number of nitrogens with zero attached hydrogens (tertiary/aromatic N) is 2. The van der Waals surface area contributed by atoms with Crippen LogP contribution < -0.4 is 5.32 Å². The molecule has 3 atom stereocenters. The number of hydrogen-bond donors (Lipinski definition) is 1. The normalized spacial score (nSPS) is 28.8. The van der Waals surface area contributed by atoms with E-state index in [9.17, 15) is 4.79 Å². The number of piperidine rings is 1. The summed E-state index contributed by atoms with van der Waals surface area (Å²) in [5, 5.41) is 12.4. The highest BCUT2D eigenvalue weighted by Crippen LogP contribution is 2.32. The van der Waals surface area contributed by atoms with Crippen LogP contribution in [0.15, 0.2) is 0 Å². The first-order chi connectivity index (χ1) is 10.1. The Labute approximate surface area is 128 Å². The number of nitriles is 1. The van der Waals surface area contributed by atoms with E-state index in [0.717, 1.165) is 18.9 Å². The van der Waals surface area contributed by atoms with Crippen LogP contribution >= 0.6 is 0 Å². The maximum atomic E-state index is 12.8. The first-order valence-electron chi connectivity index (χ1n) is 8.53. The summed E-state index contributed by atoms with van der Waals surface area (Å²) in [6.45, 7) is 5.57. The number of carbonyl (C=O) groups is 1. The summed E-state index contributed by atoms with van der Waals surface area (Å²) in [6.07, 6.45) is 7.75. The molecule has 4 heteroatoms. The van der Waals surface area contributed by atoms with Gasteiger partial charge in [-0.3, -0.25) is 4.79 Å². The molecule has 1 heterocycles. The highest BCUT2D eigenvalue weighted by molar-refractivity contribution is 5.82. The number of hydrogen-bond acceptors (Lipinski definition) is 3. The van der Waals surface area contributed by atoms with Crippen molar-refractivity contribution in [3.8, 4) is 6.07 Å². The van der Waals surface area contributed by atoms with Crippen molar-refractivity contribution in [2.75, 3.05) is 13.1 Å². The average molecular weight is 291 g/mol. The molecule has 0 bridgehead atoms. The molecule has 1 saturated heterocycles. The molecule has 0 aromatic rings. The standard InChI is InChI=1S/C17H29N3O/c1-13(2)12-20(11-5-10-18)17(21)16-9-8-14-6-3-4-7-15(14)19-16/h13-16,19H,3-9,11-12H2,1-2H3. The molecule has 4 nitrogen and oxygen atoms in total. The van der Waals surface area contributed by atoms with Gasteiger partial charge in [-0.1, -0.05) is 26.7 Å². The Morgan fingerprint density at radius 2 is 2.05 bits per heavy atom. The van der Waals surface area contributed by atoms with E-state index in [0.29, 0.717) is 24.9 Å². The van der Waals surface area contributed by atoms with Gasteiger partial charge in [0.25, 0.3) is 0 Å². The van der Waals surface area contributed by atoms with Gasteiger partial charge in [-0.2, -0.15) is 5.26 Å². The lowest BCUT2D eigenvalue weighted by molar-refractivity contribution is -0.135. The minimum atomic E-state index is -0.0261. The second kappa shape index (κ2) is 7.79. The van der Waals surface area contributed by atoms with Gasteiger partial charge in [0.2, 0.25) is 5.91 Å². The molecule has 21 heavy (non-hydrogen) atoms. The zero-order valence-corrected chi connectivity index (χ0v) is 13.5. The third-order valence-corrected chi connectivity index (χ3v) is 4.84. The van der Waals surface area contributed by atoms with Crippen LogP contribution in [0.1, 0.15) is 58.8 Å². The maximum Gasteiger partial charge on any atom is 0.239 e. The second-order valence-electron chi connectivity index (χ2n) is 7.03. The van der Waals surface area contributed by atoms with Crippen molar-refractivity contribution in [3.63, 3.8) is 0 Å². The Hall–Kier alpha value is -1.08. The molecule has 1 aliphatic heterocycles. The highest BCUT2D eigenvalue weighted by atomic mass is 16.2. The molecule has 1 amide bonds. The number of nitrogens with one attached hydrogen (secondary N) is 1. The summed E-state index contributed by atoms with van der Waals surface area (Å²) in [7, 11) is 0. The van der Waals surface area contributed by atoms with E-state index in [2.05, 4.69) is 25.2 Å². The number of amides is 1. The van der Waals surface area contributed by atoms with Gasteiger partial charge in [-0.05, 0) is 37.5 Å². The molecule has 0 radical (unpaired) electrons. The summed E-state index contributed by atoms with van der Waals surface area (Å²) in [5.74, 6) is 1.43. The monoisotopic (exact) mass is 291 g/mol. The minimum Gasteiger partial charge on any atom is -0.340 e. The summed E-state index contributed by atoms with van der Waals surface area (Å²) >= 11 is 0. The fourth-order valence-corrected chi connectivity index (χ4v) is 3.83. The predicted molar refractivity (Wildman–Crippen MR) is 83.6 cm³/mol. The third kappa shape index (κ3) is 4.44. The topological polar surface area (TPSA) is 56.1 Å². The number of rotatable bonds is 5. The van der Waals surface area contributed by atoms with Gasteiger partial charge in [0.1, 0.15) is 0 Å². The van der Waals surface area contributed by atoms with Gasteiger partial charge in [-0.25, -0.2) is 0 Å². The number of carbonyl (C=O) groups excluding carboxylic acids is 1. The van der Waals surface area contributed by atoms with Crippen molar-refractivity contribution in [2.24, 2.45) is 11.8 Å². The van der Waals surface area contributed by atoms with Crippen molar-refractivity contribution >= 4 is 5.91 Å². The van der Waals surface area contributed by atoms with E-state index in [-0.39, 0.29) is 11.9 Å². The number of fused-ring (bicyclic) bond motifs is 1. The van der Waals surface area contributed by atoms with E-state index in [1.807, 2.05) is 4.90 Å². The fraction of sp³-hybridized carbons (Fsp3) is 0.882. The Balaban J connectivity index is 1.94. The van der Waals surface area contributed by atoms with Crippen LogP contribution in [0.2, 0.25) is 0 Å². The van der Waals surface area contributed by atoms with Crippen molar-refractivity contribution in [2.45, 2.75) is 70.9 Å². The van der Waals surface area contributed by atoms with Gasteiger partial charge in [0, 0.05) is 19.1 Å². The van der Waals surface area contributed by atoms with E-state index >= 15 is 0 Å². The Bertz CT molecular complexity index is 388. The molecule has 0 aromatic heterocycles. The van der Waals surface area contributed by atoms with E-state index in [4.69, 9.17) is 5.26 Å². The van der Waals surface area contributed by atoms with Gasteiger partial charge in [-0.15, -0.1) is 0 Å². The summed E-state index contributed by atoms with van der Waals surface area (Å²) in [4.78, 5) is 14.7. The van der Waals surface area contributed by atoms with Gasteiger partial charge < -0.3 is 10.2 Å². The molecule has 1 saturated carbocycles. The Kier molecular flexibility index (Phi) is 6.05. The summed E-state index contributed by atoms with van der Waals surface area (Å²) in [5.41, 5.74) is 0. The molecule has 2 aliphatic rings. The maximum absolute atomic E-state index is 12.8. The molecule has 3 unspecified atom stereocenters. The minimum absolute atomic E-state index is 0.0261. The van der Waals surface area contributed by atoms with Crippen LogP contribution in [0.25, 0.3) is 0 Å². The molecular formula is C17H29N3O. The van der Waals surface area contributed by atoms with E-state index in [1.54, 1.807) is 0 Å². The van der Waals surface area contributed by atoms with E-state index in [1.165, 1.54) is 32.1 Å². The molecule has 2 fully saturated rings. The van der Waals surface area contributed by atoms with Crippen molar-refractivity contribution in [1.29, 1.82) is 5.26 Å². The quantitative estimate of drug-likeness (QED) is 0.847. The largest absolute Gasteiger partial charge is 0.340 e.